The zero-order chi connectivity index (χ0) is 19.6. The van der Waals surface area contributed by atoms with E-state index in [1.807, 2.05) is 6.07 Å². The quantitative estimate of drug-likeness (QED) is 0.250. The van der Waals surface area contributed by atoms with Crippen molar-refractivity contribution >= 4 is 47.4 Å². The molecule has 1 aromatic carbocycles. The summed E-state index contributed by atoms with van der Waals surface area (Å²) in [6.45, 7) is 1.74. The number of piperidine rings is 1. The first-order valence-electron chi connectivity index (χ1n) is 9.08. The van der Waals surface area contributed by atoms with Gasteiger partial charge in [-0.25, -0.2) is 0 Å². The summed E-state index contributed by atoms with van der Waals surface area (Å²) >= 11 is 0. The number of anilines is 1. The summed E-state index contributed by atoms with van der Waals surface area (Å²) in [4.78, 5) is 30.1. The number of aliphatic imine (C=N–C) groups is 1. The van der Waals surface area contributed by atoms with Crippen molar-refractivity contribution in [2.45, 2.75) is 19.3 Å². The molecule has 1 aliphatic rings. The first-order valence-corrected chi connectivity index (χ1v) is 9.08. The maximum atomic E-state index is 12.2. The Morgan fingerprint density at radius 2 is 2.00 bits per heavy atom. The van der Waals surface area contributed by atoms with Gasteiger partial charge in [-0.2, -0.15) is 0 Å². The fourth-order valence-electron chi connectivity index (χ4n) is 3.10. The van der Waals surface area contributed by atoms with Crippen LogP contribution in [0.15, 0.2) is 29.3 Å². The molecule has 152 valence electrons. The lowest BCUT2D eigenvalue weighted by atomic mass is 9.93. The smallest absolute Gasteiger partial charge is 0.243 e. The number of hydrogen-bond acceptors (Lipinski definition) is 3. The summed E-state index contributed by atoms with van der Waals surface area (Å²) < 4.78 is 0. The van der Waals surface area contributed by atoms with Crippen molar-refractivity contribution in [3.63, 3.8) is 0 Å². The average Bonchev–Trinajstić information content (AvgIpc) is 2.69. The zero-order valence-corrected chi connectivity index (χ0v) is 18.7. The summed E-state index contributed by atoms with van der Waals surface area (Å²) in [5, 5.41) is 8.59. The van der Waals surface area contributed by atoms with Gasteiger partial charge in [0.05, 0.1) is 6.54 Å². The molecule has 1 aromatic rings. The SMILES string of the molecule is C#Cc1cccc(NC(=O)CNC(=NC)N2CCC(CC(=O)NC)CC2)c1.I. The third kappa shape index (κ3) is 7.38. The molecular weight excluding hydrogens is 469 g/mol. The van der Waals surface area contributed by atoms with Gasteiger partial charge >= 0.3 is 0 Å². The number of guanidine groups is 1. The highest BCUT2D eigenvalue weighted by molar-refractivity contribution is 14.0. The Morgan fingerprint density at radius 3 is 2.61 bits per heavy atom. The standard InChI is InChI=1S/C20H27N5O2.HI/c1-4-15-6-5-7-17(12-15)24-19(27)14-23-20(22-3)25-10-8-16(9-11-25)13-18(26)21-2;/h1,5-7,12,16H,8-11,13-14H2,2-3H3,(H,21,26)(H,22,23)(H,24,27);1H. The molecule has 0 bridgehead atoms. The highest BCUT2D eigenvalue weighted by Gasteiger charge is 2.23. The molecule has 0 saturated carbocycles. The number of rotatable bonds is 5. The van der Waals surface area contributed by atoms with Crippen molar-refractivity contribution in [1.29, 1.82) is 0 Å². The van der Waals surface area contributed by atoms with Crippen LogP contribution >= 0.6 is 24.0 Å². The molecule has 2 amide bonds. The van der Waals surface area contributed by atoms with Gasteiger partial charge in [-0.05, 0) is 37.0 Å². The average molecular weight is 497 g/mol. The third-order valence-electron chi connectivity index (χ3n) is 4.60. The van der Waals surface area contributed by atoms with E-state index in [2.05, 4.69) is 31.8 Å². The number of amides is 2. The molecule has 0 spiro atoms. The molecule has 0 aliphatic carbocycles. The number of carbonyl (C=O) groups is 2. The van der Waals surface area contributed by atoms with Gasteiger partial charge in [0.2, 0.25) is 11.8 Å². The number of nitrogens with zero attached hydrogens (tertiary/aromatic N) is 2. The second-order valence-electron chi connectivity index (χ2n) is 6.48. The highest BCUT2D eigenvalue weighted by atomic mass is 127. The minimum Gasteiger partial charge on any atom is -0.359 e. The molecule has 1 aliphatic heterocycles. The second kappa shape index (κ2) is 12.2. The van der Waals surface area contributed by atoms with E-state index in [9.17, 15) is 9.59 Å². The van der Waals surface area contributed by atoms with E-state index in [1.54, 1.807) is 32.3 Å². The Balaban J connectivity index is 0.00000392. The fraction of sp³-hybridized carbons (Fsp3) is 0.450. The fourth-order valence-corrected chi connectivity index (χ4v) is 3.10. The van der Waals surface area contributed by atoms with Crippen LogP contribution < -0.4 is 16.0 Å². The van der Waals surface area contributed by atoms with Crippen LogP contribution in [-0.2, 0) is 9.59 Å². The lowest BCUT2D eigenvalue weighted by Crippen LogP contribution is -2.47. The van der Waals surface area contributed by atoms with Crippen molar-refractivity contribution in [3.8, 4) is 12.3 Å². The van der Waals surface area contributed by atoms with E-state index < -0.39 is 0 Å². The molecule has 0 unspecified atom stereocenters. The van der Waals surface area contributed by atoms with E-state index >= 15 is 0 Å². The molecule has 0 aromatic heterocycles. The third-order valence-corrected chi connectivity index (χ3v) is 4.60. The van der Waals surface area contributed by atoms with Gasteiger partial charge in [0.15, 0.2) is 5.96 Å². The molecule has 0 atom stereocenters. The lowest BCUT2D eigenvalue weighted by molar-refractivity contribution is -0.121. The molecular formula is C20H28IN5O2. The van der Waals surface area contributed by atoms with Crippen molar-refractivity contribution in [3.05, 3.63) is 29.8 Å². The summed E-state index contributed by atoms with van der Waals surface area (Å²) in [6, 6.07) is 7.17. The van der Waals surface area contributed by atoms with Crippen LogP contribution in [0.3, 0.4) is 0 Å². The van der Waals surface area contributed by atoms with Gasteiger partial charge in [-0.1, -0.05) is 12.0 Å². The van der Waals surface area contributed by atoms with Crippen molar-refractivity contribution in [2.24, 2.45) is 10.9 Å². The molecule has 1 saturated heterocycles. The van der Waals surface area contributed by atoms with Crippen LogP contribution in [0, 0.1) is 18.3 Å². The minimum absolute atomic E-state index is 0. The molecule has 3 N–H and O–H groups in total. The Bertz CT molecular complexity index is 736. The van der Waals surface area contributed by atoms with E-state index in [0.29, 0.717) is 24.0 Å². The predicted molar refractivity (Wildman–Crippen MR) is 123 cm³/mol. The largest absolute Gasteiger partial charge is 0.359 e. The number of nitrogens with one attached hydrogen (secondary N) is 3. The monoisotopic (exact) mass is 497 g/mol. The maximum absolute atomic E-state index is 12.2. The summed E-state index contributed by atoms with van der Waals surface area (Å²) in [6.07, 6.45) is 7.80. The van der Waals surface area contributed by atoms with Gasteiger partial charge in [-0.15, -0.1) is 30.4 Å². The Morgan fingerprint density at radius 1 is 1.29 bits per heavy atom. The van der Waals surface area contributed by atoms with E-state index in [4.69, 9.17) is 6.42 Å². The van der Waals surface area contributed by atoms with Crippen LogP contribution in [0.1, 0.15) is 24.8 Å². The summed E-state index contributed by atoms with van der Waals surface area (Å²) in [7, 11) is 3.37. The van der Waals surface area contributed by atoms with Gasteiger partial charge in [0.25, 0.3) is 0 Å². The van der Waals surface area contributed by atoms with Gasteiger partial charge in [0, 0.05) is 44.9 Å². The lowest BCUT2D eigenvalue weighted by Gasteiger charge is -2.33. The van der Waals surface area contributed by atoms with Crippen LogP contribution in [0.4, 0.5) is 5.69 Å². The molecule has 28 heavy (non-hydrogen) atoms. The Hall–Kier alpha value is -2.28. The number of likely N-dealkylation sites (tertiary alicyclic amines) is 1. The number of carbonyl (C=O) groups excluding carboxylic acids is 2. The van der Waals surface area contributed by atoms with Crippen LogP contribution in [0.2, 0.25) is 0 Å². The van der Waals surface area contributed by atoms with Crippen LogP contribution in [0.25, 0.3) is 0 Å². The molecule has 2 rings (SSSR count). The molecule has 0 radical (unpaired) electrons. The number of hydrogen-bond donors (Lipinski definition) is 3. The summed E-state index contributed by atoms with van der Waals surface area (Å²) in [5.74, 6) is 3.55. The van der Waals surface area contributed by atoms with E-state index in [1.165, 1.54) is 0 Å². The predicted octanol–water partition coefficient (Wildman–Crippen LogP) is 1.65. The number of terminal acetylenes is 1. The zero-order valence-electron chi connectivity index (χ0n) is 16.3. The van der Waals surface area contributed by atoms with E-state index in [0.717, 1.165) is 31.5 Å². The van der Waals surface area contributed by atoms with Crippen LogP contribution in [-0.4, -0.2) is 56.4 Å². The summed E-state index contributed by atoms with van der Waals surface area (Å²) in [5.41, 5.74) is 1.39. The topological polar surface area (TPSA) is 85.8 Å². The number of benzene rings is 1. The Labute approximate surface area is 183 Å². The second-order valence-corrected chi connectivity index (χ2v) is 6.48. The normalized spacial score (nSPS) is 14.5. The Kier molecular flexibility index (Phi) is 10.4. The van der Waals surface area contributed by atoms with Gasteiger partial charge in [0.1, 0.15) is 0 Å². The first kappa shape index (κ1) is 23.8. The van der Waals surface area contributed by atoms with Crippen molar-refractivity contribution in [1.82, 2.24) is 15.5 Å². The first-order chi connectivity index (χ1) is 13.0. The van der Waals surface area contributed by atoms with Gasteiger partial charge in [-0.3, -0.25) is 14.6 Å². The van der Waals surface area contributed by atoms with E-state index in [-0.39, 0.29) is 42.3 Å². The van der Waals surface area contributed by atoms with Gasteiger partial charge < -0.3 is 20.9 Å². The molecule has 1 heterocycles. The maximum Gasteiger partial charge on any atom is 0.243 e. The molecule has 8 heteroatoms. The highest BCUT2D eigenvalue weighted by Crippen LogP contribution is 2.20. The van der Waals surface area contributed by atoms with Crippen molar-refractivity contribution < 1.29 is 9.59 Å². The minimum atomic E-state index is -0.167. The molecule has 7 nitrogen and oxygen atoms in total. The van der Waals surface area contributed by atoms with Crippen LogP contribution in [0.5, 0.6) is 0 Å². The molecule has 1 fully saturated rings. The number of halogens is 1. The van der Waals surface area contributed by atoms with Crippen molar-refractivity contribution in [2.75, 3.05) is 39.0 Å².